The average molecular weight is 207 g/mol. The molecule has 1 rings (SSSR count). The molecule has 84 valence electrons. The summed E-state index contributed by atoms with van der Waals surface area (Å²) in [5, 5.41) is 3.40. The molecule has 0 saturated carbocycles. The van der Waals surface area contributed by atoms with E-state index in [0.29, 0.717) is 6.04 Å². The smallest absolute Gasteiger partial charge is 0.129 e. The van der Waals surface area contributed by atoms with Crippen LogP contribution in [0.5, 0.6) is 0 Å². The number of aryl methyl sites for hydroxylation is 1. The van der Waals surface area contributed by atoms with E-state index in [4.69, 9.17) is 0 Å². The zero-order chi connectivity index (χ0) is 11.1. The first-order valence-electron chi connectivity index (χ1n) is 5.83. The van der Waals surface area contributed by atoms with Crippen molar-refractivity contribution in [2.75, 3.05) is 5.32 Å². The maximum Gasteiger partial charge on any atom is 0.129 e. The Hall–Kier alpha value is -1.12. The summed E-state index contributed by atoms with van der Waals surface area (Å²) in [6, 6.07) is 2.52. The normalized spacial score (nSPS) is 12.5. The van der Waals surface area contributed by atoms with Crippen molar-refractivity contribution in [3.8, 4) is 0 Å². The Morgan fingerprint density at radius 3 is 2.80 bits per heavy atom. The lowest BCUT2D eigenvalue weighted by atomic mass is 10.1. The number of rotatable bonds is 6. The highest BCUT2D eigenvalue weighted by Crippen LogP contribution is 2.09. The fourth-order valence-electron chi connectivity index (χ4n) is 1.50. The fourth-order valence-corrected chi connectivity index (χ4v) is 1.50. The maximum atomic E-state index is 4.21. The molecule has 0 aliphatic carbocycles. The predicted octanol–water partition coefficient (Wildman–Crippen LogP) is 3.03. The summed E-state index contributed by atoms with van der Waals surface area (Å²) >= 11 is 0. The predicted molar refractivity (Wildman–Crippen MR) is 64.0 cm³/mol. The highest BCUT2D eigenvalue weighted by atomic mass is 15.0. The van der Waals surface area contributed by atoms with Crippen LogP contribution in [0.3, 0.4) is 0 Å². The quantitative estimate of drug-likeness (QED) is 0.779. The van der Waals surface area contributed by atoms with Gasteiger partial charge in [-0.05, 0) is 19.8 Å². The van der Waals surface area contributed by atoms with Crippen molar-refractivity contribution in [2.24, 2.45) is 0 Å². The standard InChI is InChI=1S/C12H21N3/c1-4-6-7-10(3)15-12-8-11(5-2)13-9-14-12/h8-10H,4-7H2,1-3H3,(H,13,14,15). The summed E-state index contributed by atoms with van der Waals surface area (Å²) in [7, 11) is 0. The van der Waals surface area contributed by atoms with Crippen molar-refractivity contribution in [3.05, 3.63) is 18.1 Å². The lowest BCUT2D eigenvalue weighted by molar-refractivity contribution is 0.643. The first kappa shape index (κ1) is 12.0. The van der Waals surface area contributed by atoms with Crippen LogP contribution in [-0.2, 0) is 6.42 Å². The minimum absolute atomic E-state index is 0.490. The lowest BCUT2D eigenvalue weighted by Gasteiger charge is -2.13. The number of hydrogen-bond donors (Lipinski definition) is 1. The molecule has 1 heterocycles. The van der Waals surface area contributed by atoms with Crippen LogP contribution in [0.2, 0.25) is 0 Å². The second-order valence-corrected chi connectivity index (χ2v) is 3.94. The van der Waals surface area contributed by atoms with Gasteiger partial charge < -0.3 is 5.32 Å². The van der Waals surface area contributed by atoms with Crippen LogP contribution < -0.4 is 5.32 Å². The Morgan fingerprint density at radius 2 is 2.13 bits per heavy atom. The van der Waals surface area contributed by atoms with Crippen molar-refractivity contribution in [1.29, 1.82) is 0 Å². The molecule has 0 radical (unpaired) electrons. The maximum absolute atomic E-state index is 4.21. The van der Waals surface area contributed by atoms with Gasteiger partial charge in [0, 0.05) is 17.8 Å². The molecule has 0 aliphatic rings. The first-order valence-corrected chi connectivity index (χ1v) is 5.83. The van der Waals surface area contributed by atoms with E-state index in [1.807, 2.05) is 6.07 Å². The van der Waals surface area contributed by atoms with Gasteiger partial charge in [0.25, 0.3) is 0 Å². The average Bonchev–Trinajstić information content (AvgIpc) is 2.26. The van der Waals surface area contributed by atoms with Gasteiger partial charge >= 0.3 is 0 Å². The molecular weight excluding hydrogens is 186 g/mol. The summed E-state index contributed by atoms with van der Waals surface area (Å²) in [5.41, 5.74) is 1.09. The molecule has 0 aromatic carbocycles. The molecule has 3 nitrogen and oxygen atoms in total. The van der Waals surface area contributed by atoms with Gasteiger partial charge in [-0.15, -0.1) is 0 Å². The van der Waals surface area contributed by atoms with Crippen molar-refractivity contribution in [1.82, 2.24) is 9.97 Å². The highest BCUT2D eigenvalue weighted by Gasteiger charge is 2.02. The second-order valence-electron chi connectivity index (χ2n) is 3.94. The number of unbranched alkanes of at least 4 members (excludes halogenated alkanes) is 1. The van der Waals surface area contributed by atoms with Gasteiger partial charge in [0.1, 0.15) is 12.1 Å². The summed E-state index contributed by atoms with van der Waals surface area (Å²) in [5.74, 6) is 0.949. The van der Waals surface area contributed by atoms with Crippen LogP contribution in [0.4, 0.5) is 5.82 Å². The third-order valence-electron chi connectivity index (χ3n) is 2.47. The largest absolute Gasteiger partial charge is 0.368 e. The molecular formula is C12H21N3. The molecule has 1 aromatic rings. The second kappa shape index (κ2) is 6.38. The van der Waals surface area contributed by atoms with E-state index < -0.39 is 0 Å². The van der Waals surface area contributed by atoms with Gasteiger partial charge in [-0.3, -0.25) is 0 Å². The Kier molecular flexibility index (Phi) is 5.08. The molecule has 15 heavy (non-hydrogen) atoms. The zero-order valence-electron chi connectivity index (χ0n) is 9.95. The molecule has 1 unspecified atom stereocenters. The molecule has 0 saturated heterocycles. The van der Waals surface area contributed by atoms with Crippen LogP contribution in [0.1, 0.15) is 45.7 Å². The van der Waals surface area contributed by atoms with E-state index in [9.17, 15) is 0 Å². The number of hydrogen-bond acceptors (Lipinski definition) is 3. The SMILES string of the molecule is CCCCC(C)Nc1cc(CC)ncn1. The van der Waals surface area contributed by atoms with Crippen LogP contribution in [0, 0.1) is 0 Å². The number of nitrogens with one attached hydrogen (secondary N) is 1. The molecule has 1 atom stereocenters. The lowest BCUT2D eigenvalue weighted by Crippen LogP contribution is -2.16. The Morgan fingerprint density at radius 1 is 1.33 bits per heavy atom. The van der Waals surface area contributed by atoms with E-state index >= 15 is 0 Å². The summed E-state index contributed by atoms with van der Waals surface area (Å²) in [6.07, 6.45) is 6.30. The van der Waals surface area contributed by atoms with Gasteiger partial charge in [0.15, 0.2) is 0 Å². The van der Waals surface area contributed by atoms with E-state index in [-0.39, 0.29) is 0 Å². The first-order chi connectivity index (χ1) is 7.26. The molecule has 0 bridgehead atoms. The fraction of sp³-hybridized carbons (Fsp3) is 0.667. The minimum Gasteiger partial charge on any atom is -0.368 e. The number of aromatic nitrogens is 2. The van der Waals surface area contributed by atoms with E-state index in [1.165, 1.54) is 19.3 Å². The Labute approximate surface area is 92.3 Å². The van der Waals surface area contributed by atoms with Crippen LogP contribution >= 0.6 is 0 Å². The molecule has 3 heteroatoms. The number of anilines is 1. The van der Waals surface area contributed by atoms with Crippen LogP contribution in [0.15, 0.2) is 12.4 Å². The van der Waals surface area contributed by atoms with Crippen molar-refractivity contribution < 1.29 is 0 Å². The van der Waals surface area contributed by atoms with Crippen LogP contribution in [0.25, 0.3) is 0 Å². The molecule has 1 aromatic heterocycles. The molecule has 1 N–H and O–H groups in total. The van der Waals surface area contributed by atoms with Crippen molar-refractivity contribution >= 4 is 5.82 Å². The van der Waals surface area contributed by atoms with E-state index in [1.54, 1.807) is 6.33 Å². The van der Waals surface area contributed by atoms with Crippen molar-refractivity contribution in [2.45, 2.75) is 52.5 Å². The molecule has 0 amide bonds. The Bertz CT molecular complexity index is 286. The Balaban J connectivity index is 2.48. The van der Waals surface area contributed by atoms with Gasteiger partial charge in [-0.2, -0.15) is 0 Å². The summed E-state index contributed by atoms with van der Waals surface area (Å²) in [4.78, 5) is 8.39. The van der Waals surface area contributed by atoms with E-state index in [0.717, 1.165) is 17.9 Å². The minimum atomic E-state index is 0.490. The monoisotopic (exact) mass is 207 g/mol. The topological polar surface area (TPSA) is 37.8 Å². The van der Waals surface area contributed by atoms with Gasteiger partial charge in [-0.25, -0.2) is 9.97 Å². The molecule has 0 fully saturated rings. The third kappa shape index (κ3) is 4.28. The number of nitrogens with zero attached hydrogens (tertiary/aromatic N) is 2. The third-order valence-corrected chi connectivity index (χ3v) is 2.47. The zero-order valence-corrected chi connectivity index (χ0v) is 9.95. The van der Waals surface area contributed by atoms with Gasteiger partial charge in [-0.1, -0.05) is 26.7 Å². The summed E-state index contributed by atoms with van der Waals surface area (Å²) < 4.78 is 0. The van der Waals surface area contributed by atoms with Crippen molar-refractivity contribution in [3.63, 3.8) is 0 Å². The molecule has 0 spiro atoms. The van der Waals surface area contributed by atoms with Gasteiger partial charge in [0.05, 0.1) is 0 Å². The highest BCUT2D eigenvalue weighted by molar-refractivity contribution is 5.35. The van der Waals surface area contributed by atoms with E-state index in [2.05, 4.69) is 36.1 Å². The summed E-state index contributed by atoms with van der Waals surface area (Å²) in [6.45, 7) is 6.52. The molecule has 0 aliphatic heterocycles. The van der Waals surface area contributed by atoms with Gasteiger partial charge in [0.2, 0.25) is 0 Å². The van der Waals surface area contributed by atoms with Crippen LogP contribution in [-0.4, -0.2) is 16.0 Å².